The van der Waals surface area contributed by atoms with Crippen LogP contribution in [0.25, 0.3) is 0 Å². The van der Waals surface area contributed by atoms with Crippen LogP contribution in [0.1, 0.15) is 49.3 Å². The van der Waals surface area contributed by atoms with Crippen LogP contribution < -0.4 is 11.1 Å². The van der Waals surface area contributed by atoms with Crippen molar-refractivity contribution in [2.75, 3.05) is 6.54 Å². The van der Waals surface area contributed by atoms with Crippen molar-refractivity contribution in [3.8, 4) is 0 Å². The van der Waals surface area contributed by atoms with Gasteiger partial charge < -0.3 is 11.1 Å². The number of nitrogens with zero attached hydrogens (tertiary/aromatic N) is 2. The molecule has 1 aromatic rings. The second-order valence-electron chi connectivity index (χ2n) is 4.69. The molecule has 3 N–H and O–H groups in total. The van der Waals surface area contributed by atoms with Crippen LogP contribution in [0.4, 0.5) is 0 Å². The van der Waals surface area contributed by atoms with E-state index in [1.807, 2.05) is 6.20 Å². The Kier molecular flexibility index (Phi) is 4.25. The number of rotatable bonds is 4. The topological polar surface area (TPSA) is 80.9 Å². The van der Waals surface area contributed by atoms with Crippen molar-refractivity contribution in [2.24, 2.45) is 5.73 Å². The molecule has 0 bridgehead atoms. The van der Waals surface area contributed by atoms with E-state index >= 15 is 0 Å². The monoisotopic (exact) mass is 248 g/mol. The highest BCUT2D eigenvalue weighted by molar-refractivity contribution is 5.75. The average molecular weight is 248 g/mol. The molecule has 0 saturated carbocycles. The molecule has 5 heteroatoms. The van der Waals surface area contributed by atoms with Crippen LogP contribution in [0, 0.1) is 0 Å². The zero-order valence-corrected chi connectivity index (χ0v) is 10.8. The number of aromatic nitrogens is 2. The molecule has 18 heavy (non-hydrogen) atoms. The third-order valence-electron chi connectivity index (χ3n) is 3.26. The molecular weight excluding hydrogens is 228 g/mol. The average Bonchev–Trinajstić information content (AvgIpc) is 2.51. The molecule has 0 saturated heterocycles. The summed E-state index contributed by atoms with van der Waals surface area (Å²) in [7, 11) is 0. The van der Waals surface area contributed by atoms with Crippen molar-refractivity contribution in [1.29, 1.82) is 0 Å². The van der Waals surface area contributed by atoms with Crippen molar-refractivity contribution in [2.45, 2.75) is 45.1 Å². The van der Waals surface area contributed by atoms with E-state index in [0.29, 0.717) is 11.9 Å². The highest BCUT2D eigenvalue weighted by atomic mass is 16.1. The van der Waals surface area contributed by atoms with E-state index in [-0.39, 0.29) is 12.3 Å². The molecule has 1 heterocycles. The SMILES string of the molecule is CCNC1CCCCc2nc(CC(N)=O)ncc21. The Morgan fingerprint density at radius 1 is 1.56 bits per heavy atom. The largest absolute Gasteiger partial charge is 0.369 e. The first kappa shape index (κ1) is 13.0. The molecule has 5 nitrogen and oxygen atoms in total. The van der Waals surface area contributed by atoms with Gasteiger partial charge in [-0.2, -0.15) is 0 Å². The third-order valence-corrected chi connectivity index (χ3v) is 3.26. The van der Waals surface area contributed by atoms with E-state index in [4.69, 9.17) is 5.73 Å². The van der Waals surface area contributed by atoms with E-state index in [9.17, 15) is 4.79 Å². The summed E-state index contributed by atoms with van der Waals surface area (Å²) in [5, 5.41) is 3.47. The predicted molar refractivity (Wildman–Crippen MR) is 68.9 cm³/mol. The molecule has 1 aliphatic rings. The minimum atomic E-state index is -0.383. The van der Waals surface area contributed by atoms with Crippen LogP contribution in [0.5, 0.6) is 0 Å². The first-order valence-electron chi connectivity index (χ1n) is 6.57. The Balaban J connectivity index is 2.26. The van der Waals surface area contributed by atoms with Gasteiger partial charge >= 0.3 is 0 Å². The van der Waals surface area contributed by atoms with Gasteiger partial charge in [0.2, 0.25) is 5.91 Å². The van der Waals surface area contributed by atoms with Gasteiger partial charge in [0.05, 0.1) is 6.42 Å². The van der Waals surface area contributed by atoms with Crippen molar-refractivity contribution in [3.63, 3.8) is 0 Å². The van der Waals surface area contributed by atoms with Gasteiger partial charge in [0.1, 0.15) is 5.82 Å². The number of carbonyl (C=O) groups excluding carboxylic acids is 1. The molecule has 1 unspecified atom stereocenters. The van der Waals surface area contributed by atoms with E-state index in [1.165, 1.54) is 12.0 Å². The van der Waals surface area contributed by atoms with Crippen LogP contribution in [0.2, 0.25) is 0 Å². The fourth-order valence-corrected chi connectivity index (χ4v) is 2.45. The molecular formula is C13H20N4O. The quantitative estimate of drug-likeness (QED) is 0.775. The Morgan fingerprint density at radius 3 is 3.11 bits per heavy atom. The van der Waals surface area contributed by atoms with E-state index in [1.54, 1.807) is 0 Å². The molecule has 1 aliphatic carbocycles. The molecule has 98 valence electrons. The van der Waals surface area contributed by atoms with Crippen LogP contribution in [0.15, 0.2) is 6.20 Å². The second kappa shape index (κ2) is 5.91. The lowest BCUT2D eigenvalue weighted by Gasteiger charge is -2.17. The van der Waals surface area contributed by atoms with E-state index in [0.717, 1.165) is 31.5 Å². The smallest absolute Gasteiger partial charge is 0.225 e. The van der Waals surface area contributed by atoms with Gasteiger partial charge in [-0.05, 0) is 25.8 Å². The Labute approximate surface area is 107 Å². The van der Waals surface area contributed by atoms with E-state index < -0.39 is 0 Å². The molecule has 2 rings (SSSR count). The maximum Gasteiger partial charge on any atom is 0.225 e. The molecule has 0 radical (unpaired) electrons. The minimum absolute atomic E-state index is 0.124. The van der Waals surface area contributed by atoms with Crippen molar-refractivity contribution in [3.05, 3.63) is 23.3 Å². The van der Waals surface area contributed by atoms with E-state index in [2.05, 4.69) is 22.2 Å². The Bertz CT molecular complexity index is 433. The first-order valence-corrected chi connectivity index (χ1v) is 6.57. The lowest BCUT2D eigenvalue weighted by Crippen LogP contribution is -2.22. The van der Waals surface area contributed by atoms with Gasteiger partial charge in [-0.15, -0.1) is 0 Å². The molecule has 0 spiro atoms. The summed E-state index contributed by atoms with van der Waals surface area (Å²) in [6.45, 7) is 3.04. The summed E-state index contributed by atoms with van der Waals surface area (Å²) >= 11 is 0. The van der Waals surface area contributed by atoms with Gasteiger partial charge in [-0.25, -0.2) is 9.97 Å². The third kappa shape index (κ3) is 3.04. The first-order chi connectivity index (χ1) is 8.70. The number of fused-ring (bicyclic) bond motifs is 1. The molecule has 0 aromatic carbocycles. The molecule has 0 aliphatic heterocycles. The number of nitrogens with one attached hydrogen (secondary N) is 1. The number of hydrogen-bond donors (Lipinski definition) is 2. The van der Waals surface area contributed by atoms with Gasteiger partial charge in [-0.3, -0.25) is 4.79 Å². The highest BCUT2D eigenvalue weighted by Crippen LogP contribution is 2.26. The zero-order chi connectivity index (χ0) is 13.0. The maximum absolute atomic E-state index is 10.9. The van der Waals surface area contributed by atoms with Gasteiger partial charge in [0.25, 0.3) is 0 Å². The second-order valence-corrected chi connectivity index (χ2v) is 4.69. The van der Waals surface area contributed by atoms with Crippen molar-refractivity contribution in [1.82, 2.24) is 15.3 Å². The minimum Gasteiger partial charge on any atom is -0.369 e. The Hall–Kier alpha value is -1.49. The number of nitrogens with two attached hydrogens (primary N) is 1. The lowest BCUT2D eigenvalue weighted by atomic mass is 10.0. The summed E-state index contributed by atoms with van der Waals surface area (Å²) in [5.74, 6) is 0.158. The Morgan fingerprint density at radius 2 is 2.39 bits per heavy atom. The zero-order valence-electron chi connectivity index (χ0n) is 10.8. The summed E-state index contributed by atoms with van der Waals surface area (Å²) in [5.41, 5.74) is 7.43. The standard InChI is InChI=1S/C13H20N4O/c1-2-15-10-5-3-4-6-11-9(10)8-16-13(17-11)7-12(14)18/h8,10,15H,2-7H2,1H3,(H2,14,18). The summed E-state index contributed by atoms with van der Waals surface area (Å²) < 4.78 is 0. The van der Waals surface area contributed by atoms with Crippen LogP contribution in [-0.4, -0.2) is 22.4 Å². The fourth-order valence-electron chi connectivity index (χ4n) is 2.45. The maximum atomic E-state index is 10.9. The van der Waals surface area contributed by atoms with Crippen LogP contribution in [0.3, 0.4) is 0 Å². The number of amides is 1. The molecule has 1 atom stereocenters. The van der Waals surface area contributed by atoms with Crippen molar-refractivity contribution >= 4 is 5.91 Å². The number of carbonyl (C=O) groups is 1. The van der Waals surface area contributed by atoms with Gasteiger partial charge in [0, 0.05) is 23.5 Å². The summed E-state index contributed by atoms with van der Waals surface area (Å²) in [6, 6.07) is 0.343. The number of primary amides is 1. The highest BCUT2D eigenvalue weighted by Gasteiger charge is 2.20. The normalized spacial score (nSPS) is 19.1. The fraction of sp³-hybridized carbons (Fsp3) is 0.615. The molecule has 0 fully saturated rings. The lowest BCUT2D eigenvalue weighted by molar-refractivity contribution is -0.117. The molecule has 1 amide bonds. The van der Waals surface area contributed by atoms with Gasteiger partial charge in [-0.1, -0.05) is 13.3 Å². The molecule has 1 aromatic heterocycles. The van der Waals surface area contributed by atoms with Crippen LogP contribution >= 0.6 is 0 Å². The van der Waals surface area contributed by atoms with Gasteiger partial charge in [0.15, 0.2) is 0 Å². The van der Waals surface area contributed by atoms with Crippen LogP contribution in [-0.2, 0) is 17.6 Å². The number of aryl methyl sites for hydroxylation is 1. The summed E-state index contributed by atoms with van der Waals surface area (Å²) in [4.78, 5) is 19.6. The predicted octanol–water partition coefficient (Wildman–Crippen LogP) is 0.881. The van der Waals surface area contributed by atoms with Crippen molar-refractivity contribution < 1.29 is 4.79 Å². The number of hydrogen-bond acceptors (Lipinski definition) is 4. The summed E-state index contributed by atoms with van der Waals surface area (Å²) in [6.07, 6.45) is 6.41.